The SMILES string of the molecule is C[C@@H]1Cc2c(C(=O)N(C)CCc3cnccn3)n[nH]c2[C@H](C)O1. The van der Waals surface area contributed by atoms with Crippen LogP contribution in [0.2, 0.25) is 0 Å². The lowest BCUT2D eigenvalue weighted by Gasteiger charge is -2.25. The minimum Gasteiger partial charge on any atom is -0.369 e. The van der Waals surface area contributed by atoms with E-state index >= 15 is 0 Å². The van der Waals surface area contributed by atoms with Crippen LogP contribution in [0.15, 0.2) is 18.6 Å². The van der Waals surface area contributed by atoms with Crippen molar-refractivity contribution in [2.45, 2.75) is 38.9 Å². The molecule has 3 heterocycles. The topological polar surface area (TPSA) is 84.0 Å². The molecule has 1 N–H and O–H groups in total. The number of rotatable bonds is 4. The normalized spacial score (nSPS) is 20.1. The average Bonchev–Trinajstić information content (AvgIpc) is 2.97. The van der Waals surface area contributed by atoms with Crippen LogP contribution in [0.4, 0.5) is 0 Å². The minimum absolute atomic E-state index is 0.0623. The number of ether oxygens (including phenoxy) is 1. The largest absolute Gasteiger partial charge is 0.369 e. The highest BCUT2D eigenvalue weighted by molar-refractivity contribution is 5.94. The van der Waals surface area contributed by atoms with E-state index in [1.165, 1.54) is 0 Å². The second-order valence-electron chi connectivity index (χ2n) is 5.93. The number of aromatic amines is 1. The van der Waals surface area contributed by atoms with E-state index in [1.807, 2.05) is 13.8 Å². The maximum atomic E-state index is 12.7. The summed E-state index contributed by atoms with van der Waals surface area (Å²) in [5.41, 5.74) is 3.26. The molecule has 7 heteroatoms. The van der Waals surface area contributed by atoms with Gasteiger partial charge >= 0.3 is 0 Å². The van der Waals surface area contributed by atoms with Crippen LogP contribution in [0, 0.1) is 0 Å². The third kappa shape index (κ3) is 3.24. The van der Waals surface area contributed by atoms with Crippen LogP contribution in [0.1, 0.15) is 47.4 Å². The molecule has 23 heavy (non-hydrogen) atoms. The lowest BCUT2D eigenvalue weighted by molar-refractivity contribution is -0.00701. The number of carbonyl (C=O) groups is 1. The van der Waals surface area contributed by atoms with Gasteiger partial charge in [0.2, 0.25) is 0 Å². The molecule has 1 aliphatic heterocycles. The second-order valence-corrected chi connectivity index (χ2v) is 5.93. The van der Waals surface area contributed by atoms with Gasteiger partial charge in [0.05, 0.1) is 23.6 Å². The Labute approximate surface area is 135 Å². The highest BCUT2D eigenvalue weighted by atomic mass is 16.5. The van der Waals surface area contributed by atoms with E-state index in [2.05, 4.69) is 20.2 Å². The molecule has 2 aromatic heterocycles. The van der Waals surface area contributed by atoms with Crippen molar-refractivity contribution in [2.75, 3.05) is 13.6 Å². The number of carbonyl (C=O) groups excluding carboxylic acids is 1. The third-order valence-corrected chi connectivity index (χ3v) is 4.10. The van der Waals surface area contributed by atoms with Gasteiger partial charge in [-0.3, -0.25) is 19.9 Å². The average molecular weight is 315 g/mol. The molecular formula is C16H21N5O2. The quantitative estimate of drug-likeness (QED) is 0.925. The predicted octanol–water partition coefficient (Wildman–Crippen LogP) is 1.54. The Morgan fingerprint density at radius 1 is 1.43 bits per heavy atom. The van der Waals surface area contributed by atoms with Crippen molar-refractivity contribution in [1.29, 1.82) is 0 Å². The Kier molecular flexibility index (Phi) is 4.38. The molecule has 3 rings (SSSR count). The predicted molar refractivity (Wildman–Crippen MR) is 84.0 cm³/mol. The number of H-pyrrole nitrogens is 1. The van der Waals surface area contributed by atoms with Crippen molar-refractivity contribution >= 4 is 5.91 Å². The highest BCUT2D eigenvalue weighted by Gasteiger charge is 2.30. The van der Waals surface area contributed by atoms with E-state index in [1.54, 1.807) is 30.5 Å². The molecule has 0 spiro atoms. The van der Waals surface area contributed by atoms with Crippen LogP contribution in [0.3, 0.4) is 0 Å². The summed E-state index contributed by atoms with van der Waals surface area (Å²) < 4.78 is 5.76. The molecule has 0 aromatic carbocycles. The van der Waals surface area contributed by atoms with E-state index in [4.69, 9.17) is 4.74 Å². The number of nitrogens with zero attached hydrogens (tertiary/aromatic N) is 4. The second kappa shape index (κ2) is 6.45. The molecule has 0 radical (unpaired) electrons. The first-order valence-electron chi connectivity index (χ1n) is 7.79. The number of hydrogen-bond donors (Lipinski definition) is 1. The third-order valence-electron chi connectivity index (χ3n) is 4.10. The van der Waals surface area contributed by atoms with Crippen molar-refractivity contribution in [3.63, 3.8) is 0 Å². The molecule has 0 aliphatic carbocycles. The molecular weight excluding hydrogens is 294 g/mol. The zero-order chi connectivity index (χ0) is 16.4. The van der Waals surface area contributed by atoms with Crippen LogP contribution in [-0.4, -0.2) is 50.7 Å². The standard InChI is InChI=1S/C16H21N5O2/c1-10-8-13-14(11(2)23-10)19-20-15(13)16(22)21(3)7-4-12-9-17-5-6-18-12/h5-6,9-11H,4,7-8H2,1-3H3,(H,19,20)/t10-,11+/m1/s1. The Morgan fingerprint density at radius 3 is 3.00 bits per heavy atom. The molecule has 0 fully saturated rings. The summed E-state index contributed by atoms with van der Waals surface area (Å²) in [6.45, 7) is 4.55. The Morgan fingerprint density at radius 2 is 2.26 bits per heavy atom. The van der Waals surface area contributed by atoms with Crippen molar-refractivity contribution in [1.82, 2.24) is 25.1 Å². The summed E-state index contributed by atoms with van der Waals surface area (Å²) in [4.78, 5) is 22.6. The van der Waals surface area contributed by atoms with Gasteiger partial charge in [0.25, 0.3) is 5.91 Å². The summed E-state index contributed by atoms with van der Waals surface area (Å²) in [5, 5.41) is 7.20. The van der Waals surface area contributed by atoms with Gasteiger partial charge in [-0.1, -0.05) is 0 Å². The number of likely N-dealkylation sites (N-methyl/N-ethyl adjacent to an activating group) is 1. The number of hydrogen-bond acceptors (Lipinski definition) is 5. The molecule has 1 amide bonds. The smallest absolute Gasteiger partial charge is 0.274 e. The number of fused-ring (bicyclic) bond motifs is 1. The zero-order valence-corrected chi connectivity index (χ0v) is 13.6. The maximum Gasteiger partial charge on any atom is 0.274 e. The van der Waals surface area contributed by atoms with Gasteiger partial charge in [0.1, 0.15) is 0 Å². The fraction of sp³-hybridized carbons (Fsp3) is 0.500. The lowest BCUT2D eigenvalue weighted by Crippen LogP contribution is -2.31. The molecule has 7 nitrogen and oxygen atoms in total. The maximum absolute atomic E-state index is 12.7. The lowest BCUT2D eigenvalue weighted by atomic mass is 9.99. The van der Waals surface area contributed by atoms with Gasteiger partial charge < -0.3 is 9.64 Å². The van der Waals surface area contributed by atoms with Gasteiger partial charge in [0, 0.05) is 50.6 Å². The van der Waals surface area contributed by atoms with Crippen molar-refractivity contribution in [2.24, 2.45) is 0 Å². The highest BCUT2D eigenvalue weighted by Crippen LogP contribution is 2.30. The number of nitrogens with one attached hydrogen (secondary N) is 1. The molecule has 0 bridgehead atoms. The first-order chi connectivity index (χ1) is 11.1. The summed E-state index contributed by atoms with van der Waals surface area (Å²) in [6.07, 6.45) is 6.41. The fourth-order valence-corrected chi connectivity index (χ4v) is 2.87. The van der Waals surface area contributed by atoms with E-state index in [-0.39, 0.29) is 18.1 Å². The van der Waals surface area contributed by atoms with Gasteiger partial charge in [-0.05, 0) is 13.8 Å². The Balaban J connectivity index is 1.71. The first kappa shape index (κ1) is 15.6. The van der Waals surface area contributed by atoms with Gasteiger partial charge in [-0.15, -0.1) is 0 Å². The molecule has 1 aliphatic rings. The summed E-state index contributed by atoms with van der Waals surface area (Å²) in [7, 11) is 1.78. The van der Waals surface area contributed by atoms with Crippen molar-refractivity contribution in [3.8, 4) is 0 Å². The number of aromatic nitrogens is 4. The Hall–Kier alpha value is -2.28. The number of amides is 1. The van der Waals surface area contributed by atoms with Crippen LogP contribution in [-0.2, 0) is 17.6 Å². The monoisotopic (exact) mass is 315 g/mol. The van der Waals surface area contributed by atoms with Gasteiger partial charge in [-0.25, -0.2) is 0 Å². The summed E-state index contributed by atoms with van der Waals surface area (Å²) in [6, 6.07) is 0. The zero-order valence-electron chi connectivity index (χ0n) is 13.6. The van der Waals surface area contributed by atoms with Gasteiger partial charge in [0.15, 0.2) is 5.69 Å². The van der Waals surface area contributed by atoms with Crippen molar-refractivity contribution < 1.29 is 9.53 Å². The van der Waals surface area contributed by atoms with E-state index in [9.17, 15) is 4.79 Å². The first-order valence-corrected chi connectivity index (χ1v) is 7.79. The van der Waals surface area contributed by atoms with Crippen LogP contribution in [0.25, 0.3) is 0 Å². The van der Waals surface area contributed by atoms with E-state index in [0.29, 0.717) is 25.1 Å². The Bertz CT molecular complexity index is 685. The molecule has 0 unspecified atom stereocenters. The molecule has 122 valence electrons. The molecule has 2 aromatic rings. The molecule has 0 saturated heterocycles. The van der Waals surface area contributed by atoms with Crippen LogP contribution < -0.4 is 0 Å². The van der Waals surface area contributed by atoms with Crippen LogP contribution >= 0.6 is 0 Å². The summed E-state index contributed by atoms with van der Waals surface area (Å²) in [5.74, 6) is -0.0762. The van der Waals surface area contributed by atoms with E-state index in [0.717, 1.165) is 17.0 Å². The molecule has 2 atom stereocenters. The van der Waals surface area contributed by atoms with Crippen molar-refractivity contribution in [3.05, 3.63) is 41.2 Å². The van der Waals surface area contributed by atoms with Gasteiger partial charge in [-0.2, -0.15) is 5.10 Å². The fourth-order valence-electron chi connectivity index (χ4n) is 2.87. The van der Waals surface area contributed by atoms with E-state index < -0.39 is 0 Å². The minimum atomic E-state index is -0.0762. The van der Waals surface area contributed by atoms with Crippen LogP contribution in [0.5, 0.6) is 0 Å². The molecule has 0 saturated carbocycles. The summed E-state index contributed by atoms with van der Waals surface area (Å²) >= 11 is 0.